The molecule has 0 spiro atoms. The molecule has 0 saturated carbocycles. The Hall–Kier alpha value is -5.78. The number of hydrogen-bond donors (Lipinski definition) is 1. The average Bonchev–Trinajstić information content (AvgIpc) is 3.12. The largest absolute Gasteiger partial charge is 0.478 e. The SMILES string of the molecule is COC(=O)C(C)(C)COc1ccc(-c2ccc(C(=O)O)cc2)cn1.COC(=O)C(C)(C)COc1ccc(-c2ccc(C(=O)OC(C)(C)C)cc2)cn1. The van der Waals surface area contributed by atoms with Gasteiger partial charge in [-0.25, -0.2) is 19.6 Å². The second kappa shape index (κ2) is 17.4. The highest BCUT2D eigenvalue weighted by atomic mass is 16.6. The summed E-state index contributed by atoms with van der Waals surface area (Å²) in [5, 5.41) is 8.90. The molecule has 2 aromatic carbocycles. The Bertz CT molecular complexity index is 1810. The first-order chi connectivity index (χ1) is 24.3. The molecule has 52 heavy (non-hydrogen) atoms. The molecular formula is C40H46N2O10. The van der Waals surface area contributed by atoms with Gasteiger partial charge in [0.15, 0.2) is 0 Å². The van der Waals surface area contributed by atoms with Gasteiger partial charge in [0.05, 0.1) is 36.2 Å². The molecule has 1 N–H and O–H groups in total. The summed E-state index contributed by atoms with van der Waals surface area (Å²) in [6, 6.07) is 20.8. The van der Waals surface area contributed by atoms with Gasteiger partial charge in [-0.2, -0.15) is 0 Å². The predicted octanol–water partition coefficient (Wildman–Crippen LogP) is 7.31. The molecule has 0 atom stereocenters. The van der Waals surface area contributed by atoms with E-state index in [4.69, 9.17) is 28.8 Å². The predicted molar refractivity (Wildman–Crippen MR) is 194 cm³/mol. The Morgan fingerprint density at radius 2 is 0.923 bits per heavy atom. The summed E-state index contributed by atoms with van der Waals surface area (Å²) in [7, 11) is 2.69. The molecule has 2 aromatic heterocycles. The van der Waals surface area contributed by atoms with Crippen molar-refractivity contribution in [2.75, 3.05) is 27.4 Å². The monoisotopic (exact) mass is 714 g/mol. The molecule has 0 aliphatic carbocycles. The van der Waals surface area contributed by atoms with E-state index in [1.54, 1.807) is 88.6 Å². The van der Waals surface area contributed by atoms with Gasteiger partial charge in [-0.15, -0.1) is 0 Å². The van der Waals surface area contributed by atoms with Gasteiger partial charge < -0.3 is 28.8 Å². The maximum atomic E-state index is 12.1. The van der Waals surface area contributed by atoms with Gasteiger partial charge in [0.2, 0.25) is 11.8 Å². The Labute approximate surface area is 304 Å². The van der Waals surface area contributed by atoms with Crippen LogP contribution >= 0.6 is 0 Å². The maximum Gasteiger partial charge on any atom is 0.338 e. The van der Waals surface area contributed by atoms with Crippen molar-refractivity contribution >= 4 is 23.9 Å². The number of ether oxygens (including phenoxy) is 5. The molecule has 0 aliphatic rings. The smallest absolute Gasteiger partial charge is 0.338 e. The normalized spacial score (nSPS) is 11.3. The molecular weight excluding hydrogens is 668 g/mol. The number of benzene rings is 2. The fraction of sp³-hybridized carbons (Fsp3) is 0.350. The molecule has 0 saturated heterocycles. The lowest BCUT2D eigenvalue weighted by atomic mass is 9.95. The third kappa shape index (κ3) is 11.9. The lowest BCUT2D eigenvalue weighted by Gasteiger charge is -2.21. The minimum Gasteiger partial charge on any atom is -0.478 e. The van der Waals surface area contributed by atoms with Gasteiger partial charge in [-0.3, -0.25) is 9.59 Å². The lowest BCUT2D eigenvalue weighted by Crippen LogP contribution is -2.32. The fourth-order valence-corrected chi connectivity index (χ4v) is 4.39. The molecule has 12 heteroatoms. The first kappa shape index (κ1) is 40.6. The molecule has 12 nitrogen and oxygen atoms in total. The van der Waals surface area contributed by atoms with Crippen molar-refractivity contribution in [3.63, 3.8) is 0 Å². The van der Waals surface area contributed by atoms with Crippen LogP contribution in [-0.4, -0.2) is 72.0 Å². The number of carbonyl (C=O) groups excluding carboxylic acids is 3. The summed E-state index contributed by atoms with van der Waals surface area (Å²) in [5.74, 6) is -1.18. The minimum atomic E-state index is -0.961. The zero-order valence-electron chi connectivity index (χ0n) is 31.0. The highest BCUT2D eigenvalue weighted by Gasteiger charge is 2.31. The van der Waals surface area contributed by atoms with Crippen LogP contribution in [0, 0.1) is 10.8 Å². The highest BCUT2D eigenvalue weighted by molar-refractivity contribution is 5.90. The standard InChI is InChI=1S/C22H27NO5.C18H19NO5/c1-21(2,3)28-19(24)16-9-7-15(8-10-16)17-11-12-18(23-13-17)27-14-22(4,5)20(25)26-6;1-18(2,17(22)23-3)11-24-15-9-8-14(10-19-15)12-4-6-13(7-5-12)16(20)21/h7-13H,14H2,1-6H3;4-10H,11H2,1-3H3,(H,20,21). The Balaban J connectivity index is 0.000000284. The first-order valence-electron chi connectivity index (χ1n) is 16.4. The van der Waals surface area contributed by atoms with Crippen LogP contribution in [-0.2, 0) is 23.8 Å². The van der Waals surface area contributed by atoms with Crippen LogP contribution in [0.15, 0.2) is 85.2 Å². The van der Waals surface area contributed by atoms with Crippen molar-refractivity contribution in [3.05, 3.63) is 96.3 Å². The molecule has 2 heterocycles. The Morgan fingerprint density at radius 3 is 1.23 bits per heavy atom. The van der Waals surface area contributed by atoms with E-state index in [0.29, 0.717) is 17.3 Å². The number of carboxylic acid groups (broad SMARTS) is 1. The lowest BCUT2D eigenvalue weighted by molar-refractivity contribution is -0.153. The van der Waals surface area contributed by atoms with E-state index >= 15 is 0 Å². The van der Waals surface area contributed by atoms with Crippen molar-refractivity contribution in [1.82, 2.24) is 9.97 Å². The summed E-state index contributed by atoms with van der Waals surface area (Å²) in [6.07, 6.45) is 3.32. The summed E-state index contributed by atoms with van der Waals surface area (Å²) in [6.45, 7) is 12.8. The number of aromatic carboxylic acids is 1. The van der Waals surface area contributed by atoms with Gasteiger partial charge in [-0.1, -0.05) is 24.3 Å². The third-order valence-electron chi connectivity index (χ3n) is 7.43. The van der Waals surface area contributed by atoms with Gasteiger partial charge in [-0.05, 0) is 96.0 Å². The summed E-state index contributed by atoms with van der Waals surface area (Å²) in [5.41, 5.74) is 2.18. The number of hydrogen-bond acceptors (Lipinski definition) is 11. The number of carboxylic acids is 1. The van der Waals surface area contributed by atoms with E-state index in [1.165, 1.54) is 14.2 Å². The molecule has 4 aromatic rings. The zero-order chi connectivity index (χ0) is 38.7. The number of pyridine rings is 2. The second-order valence-corrected chi connectivity index (χ2v) is 14.1. The Morgan fingerprint density at radius 1 is 0.558 bits per heavy atom. The number of nitrogens with zero attached hydrogens (tertiary/aromatic N) is 2. The van der Waals surface area contributed by atoms with E-state index in [9.17, 15) is 19.2 Å². The number of methoxy groups -OCH3 is 2. The minimum absolute atomic E-state index is 0.152. The van der Waals surface area contributed by atoms with Crippen molar-refractivity contribution < 1.29 is 48.0 Å². The number of rotatable bonds is 12. The molecule has 0 unspecified atom stereocenters. The molecule has 0 fully saturated rings. The van der Waals surface area contributed by atoms with Crippen molar-refractivity contribution in [3.8, 4) is 34.0 Å². The van der Waals surface area contributed by atoms with Crippen molar-refractivity contribution in [1.29, 1.82) is 0 Å². The van der Waals surface area contributed by atoms with Crippen LogP contribution in [0.25, 0.3) is 22.3 Å². The van der Waals surface area contributed by atoms with Crippen LogP contribution in [0.5, 0.6) is 11.8 Å². The quantitative estimate of drug-likeness (QED) is 0.115. The van der Waals surface area contributed by atoms with Gasteiger partial charge in [0.1, 0.15) is 18.8 Å². The number of esters is 3. The van der Waals surface area contributed by atoms with Crippen LogP contribution < -0.4 is 9.47 Å². The topological polar surface area (TPSA) is 160 Å². The maximum absolute atomic E-state index is 12.1. The highest BCUT2D eigenvalue weighted by Crippen LogP contribution is 2.25. The van der Waals surface area contributed by atoms with E-state index in [2.05, 4.69) is 9.97 Å². The second-order valence-electron chi connectivity index (χ2n) is 14.1. The van der Waals surface area contributed by atoms with Crippen LogP contribution in [0.3, 0.4) is 0 Å². The number of carbonyl (C=O) groups is 4. The van der Waals surface area contributed by atoms with Gasteiger partial charge in [0.25, 0.3) is 0 Å². The molecule has 0 radical (unpaired) electrons. The van der Waals surface area contributed by atoms with Crippen LogP contribution in [0.4, 0.5) is 0 Å². The Kier molecular flexibility index (Phi) is 13.6. The number of aromatic nitrogens is 2. The molecule has 0 bridgehead atoms. The van der Waals surface area contributed by atoms with Crippen molar-refractivity contribution in [2.45, 2.75) is 54.1 Å². The summed E-state index contributed by atoms with van der Waals surface area (Å²) in [4.78, 5) is 54.7. The van der Waals surface area contributed by atoms with E-state index in [0.717, 1.165) is 22.3 Å². The van der Waals surface area contributed by atoms with Crippen molar-refractivity contribution in [2.24, 2.45) is 10.8 Å². The first-order valence-corrected chi connectivity index (χ1v) is 16.4. The molecule has 276 valence electrons. The van der Waals surface area contributed by atoms with E-state index in [1.807, 2.05) is 45.0 Å². The summed E-state index contributed by atoms with van der Waals surface area (Å²) >= 11 is 0. The van der Waals surface area contributed by atoms with E-state index in [-0.39, 0.29) is 36.7 Å². The molecule has 0 amide bonds. The average molecular weight is 715 g/mol. The van der Waals surface area contributed by atoms with Gasteiger partial charge in [0, 0.05) is 35.7 Å². The third-order valence-corrected chi connectivity index (χ3v) is 7.43. The van der Waals surface area contributed by atoms with Gasteiger partial charge >= 0.3 is 23.9 Å². The zero-order valence-corrected chi connectivity index (χ0v) is 31.0. The fourth-order valence-electron chi connectivity index (χ4n) is 4.39. The van der Waals surface area contributed by atoms with Crippen LogP contribution in [0.1, 0.15) is 69.2 Å². The summed E-state index contributed by atoms with van der Waals surface area (Å²) < 4.78 is 26.0. The van der Waals surface area contributed by atoms with Crippen LogP contribution in [0.2, 0.25) is 0 Å². The van der Waals surface area contributed by atoms with E-state index < -0.39 is 22.4 Å². The molecule has 0 aliphatic heterocycles. The molecule has 4 rings (SSSR count).